The number of nitrogens with one attached hydrogen (secondary N) is 5. The molecular formula is C30H37N5O8. The van der Waals surface area contributed by atoms with Crippen LogP contribution in [0.3, 0.4) is 0 Å². The van der Waals surface area contributed by atoms with E-state index in [1.807, 2.05) is 0 Å². The van der Waals surface area contributed by atoms with Crippen molar-refractivity contribution in [3.05, 3.63) is 65.2 Å². The first-order valence-electron chi connectivity index (χ1n) is 13.2. The summed E-state index contributed by atoms with van der Waals surface area (Å²) >= 11 is 0. The molecule has 0 aliphatic carbocycles. The van der Waals surface area contributed by atoms with Crippen LogP contribution < -0.4 is 26.7 Å². The molecular weight excluding hydrogens is 558 g/mol. The number of carbonyl (C=O) groups is 5. The van der Waals surface area contributed by atoms with Crippen LogP contribution in [0.1, 0.15) is 63.0 Å². The van der Waals surface area contributed by atoms with Crippen molar-refractivity contribution in [2.75, 3.05) is 18.4 Å². The van der Waals surface area contributed by atoms with Crippen molar-refractivity contribution in [1.29, 1.82) is 0 Å². The molecule has 0 bridgehead atoms. The van der Waals surface area contributed by atoms with Gasteiger partial charge in [-0.25, -0.2) is 15.1 Å². The van der Waals surface area contributed by atoms with Crippen LogP contribution in [0.4, 0.5) is 15.3 Å². The quantitative estimate of drug-likeness (QED) is 0.153. The maximum absolute atomic E-state index is 12.7. The van der Waals surface area contributed by atoms with Gasteiger partial charge < -0.3 is 30.7 Å². The number of carbonyl (C=O) groups excluding carboxylic acids is 5. The van der Waals surface area contributed by atoms with Gasteiger partial charge in [-0.15, -0.1) is 0 Å². The topological polar surface area (TPSA) is 184 Å². The Morgan fingerprint density at radius 2 is 1.26 bits per heavy atom. The van der Waals surface area contributed by atoms with Gasteiger partial charge in [-0.3, -0.25) is 19.6 Å². The number of hydroxylamine groups is 1. The van der Waals surface area contributed by atoms with Crippen LogP contribution in [-0.4, -0.2) is 65.4 Å². The van der Waals surface area contributed by atoms with Gasteiger partial charge in [-0.2, -0.15) is 0 Å². The van der Waals surface area contributed by atoms with Crippen molar-refractivity contribution in [1.82, 2.24) is 21.4 Å². The molecule has 0 fully saturated rings. The number of amides is 5. The second-order valence-corrected chi connectivity index (χ2v) is 11.2. The highest BCUT2D eigenvalue weighted by Gasteiger charge is 2.24. The van der Waals surface area contributed by atoms with Gasteiger partial charge in [-0.1, -0.05) is 11.8 Å². The van der Waals surface area contributed by atoms with Gasteiger partial charge in [0.15, 0.2) is 0 Å². The summed E-state index contributed by atoms with van der Waals surface area (Å²) in [6, 6.07) is 11.8. The number of hydrogen-bond acceptors (Lipinski definition) is 8. The minimum Gasteiger partial charge on any atom is -0.444 e. The molecule has 0 saturated heterocycles. The second kappa shape index (κ2) is 15.2. The fourth-order valence-electron chi connectivity index (χ4n) is 3.19. The Hall–Kier alpha value is -5.09. The van der Waals surface area contributed by atoms with E-state index in [1.165, 1.54) is 17.6 Å². The Bertz CT molecular complexity index is 1360. The van der Waals surface area contributed by atoms with Crippen molar-refractivity contribution < 1.29 is 38.7 Å². The lowest BCUT2D eigenvalue weighted by atomic mass is 10.1. The van der Waals surface area contributed by atoms with Crippen LogP contribution in [-0.2, 0) is 19.1 Å². The number of alkyl carbamates (subject to hydrolysis) is 2. The van der Waals surface area contributed by atoms with E-state index in [2.05, 4.69) is 33.1 Å². The van der Waals surface area contributed by atoms with Gasteiger partial charge in [0.25, 0.3) is 11.8 Å². The van der Waals surface area contributed by atoms with Crippen molar-refractivity contribution in [2.24, 2.45) is 0 Å². The molecule has 5 amide bonds. The van der Waals surface area contributed by atoms with Crippen LogP contribution in [0.2, 0.25) is 0 Å². The van der Waals surface area contributed by atoms with E-state index in [4.69, 9.17) is 14.7 Å². The summed E-state index contributed by atoms with van der Waals surface area (Å²) in [6.45, 7) is 9.63. The molecule has 0 aliphatic heterocycles. The Kier molecular flexibility index (Phi) is 12.1. The summed E-state index contributed by atoms with van der Waals surface area (Å²) in [4.78, 5) is 60.3. The van der Waals surface area contributed by atoms with E-state index < -0.39 is 47.2 Å². The third-order valence-electron chi connectivity index (χ3n) is 5.04. The van der Waals surface area contributed by atoms with Gasteiger partial charge in [0, 0.05) is 22.4 Å². The summed E-state index contributed by atoms with van der Waals surface area (Å²) < 4.78 is 10.2. The molecule has 6 N–H and O–H groups in total. The minimum atomic E-state index is -1.27. The highest BCUT2D eigenvalue weighted by atomic mass is 16.6. The summed E-state index contributed by atoms with van der Waals surface area (Å²) in [5.41, 5.74) is 2.06. The molecule has 0 saturated carbocycles. The molecule has 43 heavy (non-hydrogen) atoms. The molecule has 13 nitrogen and oxygen atoms in total. The van der Waals surface area contributed by atoms with Crippen molar-refractivity contribution >= 4 is 35.6 Å². The molecule has 1 atom stereocenters. The Morgan fingerprint density at radius 1 is 0.767 bits per heavy atom. The predicted molar refractivity (Wildman–Crippen MR) is 157 cm³/mol. The standard InChI is InChI=1S/C30H37N5O8/c1-29(2,3)42-27(39)31-17-23(26(38)35-41)34-25(37)21-13-9-19(10-14-21)7-8-20-11-15-22(16-12-20)33-24(36)18-32-28(40)43-30(4,5)6/h9-16,23,41H,17-18H2,1-6H3,(H,31,39)(H,32,40)(H,33,36)(H,34,37)(H,35,38)/t23-/m0/s1. The first-order valence-corrected chi connectivity index (χ1v) is 13.2. The van der Waals surface area contributed by atoms with E-state index in [1.54, 1.807) is 77.9 Å². The van der Waals surface area contributed by atoms with Crippen LogP contribution in [0, 0.1) is 11.8 Å². The average Bonchev–Trinajstić information content (AvgIpc) is 2.91. The number of ether oxygens (including phenoxy) is 2. The largest absolute Gasteiger partial charge is 0.444 e. The Morgan fingerprint density at radius 3 is 1.74 bits per heavy atom. The monoisotopic (exact) mass is 595 g/mol. The van der Waals surface area contributed by atoms with E-state index in [0.29, 0.717) is 16.8 Å². The maximum Gasteiger partial charge on any atom is 0.408 e. The van der Waals surface area contributed by atoms with Crippen LogP contribution in [0.15, 0.2) is 48.5 Å². The minimum absolute atomic E-state index is 0.222. The van der Waals surface area contributed by atoms with Gasteiger partial charge in [-0.05, 0) is 90.1 Å². The molecule has 2 rings (SSSR count). The van der Waals surface area contributed by atoms with E-state index in [9.17, 15) is 24.0 Å². The summed E-state index contributed by atoms with van der Waals surface area (Å²) in [7, 11) is 0. The number of rotatable bonds is 8. The Balaban J connectivity index is 1.92. The maximum atomic E-state index is 12.7. The SMILES string of the molecule is CC(C)(C)OC(=O)NCC(=O)Nc1ccc(C#Cc2ccc(C(=O)N[C@@H](CNC(=O)OC(C)(C)C)C(=O)NO)cc2)cc1. The van der Waals surface area contributed by atoms with Crippen LogP contribution in [0.5, 0.6) is 0 Å². The second-order valence-electron chi connectivity index (χ2n) is 11.2. The van der Waals surface area contributed by atoms with Crippen molar-refractivity contribution in [2.45, 2.75) is 58.8 Å². The third-order valence-corrected chi connectivity index (χ3v) is 5.04. The highest BCUT2D eigenvalue weighted by Crippen LogP contribution is 2.10. The molecule has 13 heteroatoms. The van der Waals surface area contributed by atoms with Gasteiger partial charge in [0.1, 0.15) is 23.8 Å². The zero-order valence-corrected chi connectivity index (χ0v) is 24.9. The third kappa shape index (κ3) is 13.4. The highest BCUT2D eigenvalue weighted by molar-refractivity contribution is 5.97. The van der Waals surface area contributed by atoms with Gasteiger partial charge in [0.05, 0.1) is 6.54 Å². The molecule has 0 aromatic heterocycles. The molecule has 2 aromatic carbocycles. The molecule has 0 heterocycles. The number of hydrogen-bond donors (Lipinski definition) is 6. The summed E-state index contributed by atoms with van der Waals surface area (Å²) in [5, 5.41) is 18.9. The van der Waals surface area contributed by atoms with E-state index in [-0.39, 0.29) is 18.7 Å². The fourth-order valence-corrected chi connectivity index (χ4v) is 3.19. The number of anilines is 1. The molecule has 230 valence electrons. The van der Waals surface area contributed by atoms with E-state index in [0.717, 1.165) is 0 Å². The molecule has 0 aliphatic rings. The average molecular weight is 596 g/mol. The van der Waals surface area contributed by atoms with Crippen LogP contribution in [0.25, 0.3) is 0 Å². The Labute approximate surface area is 250 Å². The zero-order valence-electron chi connectivity index (χ0n) is 24.9. The van der Waals surface area contributed by atoms with Gasteiger partial charge in [0.2, 0.25) is 5.91 Å². The fraction of sp³-hybridized carbons (Fsp3) is 0.367. The lowest BCUT2D eigenvalue weighted by molar-refractivity contribution is -0.131. The molecule has 2 aromatic rings. The predicted octanol–water partition coefficient (Wildman–Crippen LogP) is 2.68. The summed E-state index contributed by atoms with van der Waals surface area (Å²) in [6.07, 6.45) is -1.47. The van der Waals surface area contributed by atoms with Gasteiger partial charge >= 0.3 is 12.2 Å². The molecule has 0 unspecified atom stereocenters. The van der Waals surface area contributed by atoms with Crippen molar-refractivity contribution in [3.8, 4) is 11.8 Å². The lowest BCUT2D eigenvalue weighted by Gasteiger charge is -2.21. The number of benzene rings is 2. The molecule has 0 radical (unpaired) electrons. The smallest absolute Gasteiger partial charge is 0.408 e. The molecule has 0 spiro atoms. The van der Waals surface area contributed by atoms with Crippen LogP contribution >= 0.6 is 0 Å². The lowest BCUT2D eigenvalue weighted by Crippen LogP contribution is -2.52. The van der Waals surface area contributed by atoms with E-state index >= 15 is 0 Å². The zero-order chi connectivity index (χ0) is 32.2. The first-order chi connectivity index (χ1) is 20.0. The van der Waals surface area contributed by atoms with Crippen molar-refractivity contribution in [3.63, 3.8) is 0 Å². The normalized spacial score (nSPS) is 11.5. The first kappa shape index (κ1) is 34.1. The summed E-state index contributed by atoms with van der Waals surface area (Å²) in [5.74, 6) is 4.00.